The van der Waals surface area contributed by atoms with Crippen LogP contribution in [0.15, 0.2) is 59.0 Å². The molecule has 0 radical (unpaired) electrons. The Morgan fingerprint density at radius 3 is 2.62 bits per heavy atom. The van der Waals surface area contributed by atoms with Crippen LogP contribution in [0, 0.1) is 10.1 Å². The van der Waals surface area contributed by atoms with E-state index in [1.54, 1.807) is 13.0 Å². The van der Waals surface area contributed by atoms with E-state index < -0.39 is 11.0 Å². The van der Waals surface area contributed by atoms with E-state index in [4.69, 9.17) is 16.0 Å². The Morgan fingerprint density at radius 1 is 1.21 bits per heavy atom. The maximum absolute atomic E-state index is 10.7. The second kappa shape index (κ2) is 9.56. The SMILES string of the molecule is C[C@@H](O)c1ccc(-c2ccc(C[NH2+]CCNc3ccc([N+](=O)[O-])cc3Cl)o2)cc1. The molecule has 0 aliphatic carbocycles. The first-order chi connectivity index (χ1) is 13.9. The number of rotatable bonds is 9. The lowest BCUT2D eigenvalue weighted by Gasteiger charge is -2.07. The van der Waals surface area contributed by atoms with Crippen molar-refractivity contribution in [3.63, 3.8) is 0 Å². The number of nitrogens with one attached hydrogen (secondary N) is 1. The van der Waals surface area contributed by atoms with Gasteiger partial charge in [-0.2, -0.15) is 0 Å². The van der Waals surface area contributed by atoms with E-state index in [1.807, 2.05) is 36.4 Å². The van der Waals surface area contributed by atoms with Crippen LogP contribution in [0.25, 0.3) is 11.3 Å². The summed E-state index contributed by atoms with van der Waals surface area (Å²) in [6.07, 6.45) is -0.486. The molecule has 4 N–H and O–H groups in total. The van der Waals surface area contributed by atoms with Crippen LogP contribution >= 0.6 is 11.6 Å². The van der Waals surface area contributed by atoms with Crippen molar-refractivity contribution in [3.05, 3.63) is 81.1 Å². The molecule has 0 saturated carbocycles. The molecule has 3 aromatic rings. The van der Waals surface area contributed by atoms with Crippen LogP contribution in [0.4, 0.5) is 11.4 Å². The van der Waals surface area contributed by atoms with Gasteiger partial charge in [-0.15, -0.1) is 0 Å². The molecule has 7 nitrogen and oxygen atoms in total. The molecular weight excluding hydrogens is 394 g/mol. The van der Waals surface area contributed by atoms with E-state index in [1.165, 1.54) is 12.1 Å². The summed E-state index contributed by atoms with van der Waals surface area (Å²) < 4.78 is 5.89. The second-order valence-electron chi connectivity index (χ2n) is 6.69. The minimum atomic E-state index is -0.486. The molecule has 0 amide bonds. The summed E-state index contributed by atoms with van der Waals surface area (Å²) in [5.74, 6) is 1.66. The topological polar surface area (TPSA) is 105 Å². The number of nitro benzene ring substituents is 1. The van der Waals surface area contributed by atoms with Crippen molar-refractivity contribution in [2.75, 3.05) is 18.4 Å². The first-order valence-electron chi connectivity index (χ1n) is 9.30. The van der Waals surface area contributed by atoms with Crippen molar-refractivity contribution in [2.24, 2.45) is 0 Å². The summed E-state index contributed by atoms with van der Waals surface area (Å²) >= 11 is 6.06. The average Bonchev–Trinajstić information content (AvgIpc) is 3.17. The molecule has 29 heavy (non-hydrogen) atoms. The van der Waals surface area contributed by atoms with Crippen LogP contribution in [0.1, 0.15) is 24.4 Å². The van der Waals surface area contributed by atoms with Gasteiger partial charge >= 0.3 is 0 Å². The van der Waals surface area contributed by atoms with Gasteiger partial charge in [0.2, 0.25) is 0 Å². The van der Waals surface area contributed by atoms with Crippen molar-refractivity contribution >= 4 is 23.0 Å². The van der Waals surface area contributed by atoms with E-state index in [2.05, 4.69) is 10.6 Å². The number of furan rings is 1. The zero-order chi connectivity index (χ0) is 20.8. The number of halogens is 1. The van der Waals surface area contributed by atoms with Gasteiger partial charge in [-0.05, 0) is 30.7 Å². The molecule has 0 spiro atoms. The first-order valence-corrected chi connectivity index (χ1v) is 9.68. The predicted octanol–water partition coefficient (Wildman–Crippen LogP) is 3.74. The third-order valence-corrected chi connectivity index (χ3v) is 4.82. The van der Waals surface area contributed by atoms with Gasteiger partial charge in [0.15, 0.2) is 5.76 Å². The van der Waals surface area contributed by atoms with Gasteiger partial charge in [0, 0.05) is 17.7 Å². The Morgan fingerprint density at radius 2 is 1.97 bits per heavy atom. The highest BCUT2D eigenvalue weighted by Gasteiger charge is 2.10. The van der Waals surface area contributed by atoms with E-state index >= 15 is 0 Å². The number of hydrogen-bond acceptors (Lipinski definition) is 5. The van der Waals surface area contributed by atoms with Crippen LogP contribution < -0.4 is 10.6 Å². The predicted molar refractivity (Wildman–Crippen MR) is 112 cm³/mol. The zero-order valence-corrected chi connectivity index (χ0v) is 16.7. The molecule has 1 aromatic heterocycles. The molecule has 0 saturated heterocycles. The van der Waals surface area contributed by atoms with Crippen LogP contribution in [-0.2, 0) is 6.54 Å². The van der Waals surface area contributed by atoms with Crippen LogP contribution in [-0.4, -0.2) is 23.1 Å². The molecule has 0 aliphatic rings. The van der Waals surface area contributed by atoms with Gasteiger partial charge in [0.05, 0.1) is 34.8 Å². The molecule has 152 valence electrons. The normalized spacial score (nSPS) is 12.0. The minimum absolute atomic E-state index is 0.0266. The number of aliphatic hydroxyl groups is 1. The Kier molecular flexibility index (Phi) is 6.87. The van der Waals surface area contributed by atoms with E-state index in [-0.39, 0.29) is 5.69 Å². The largest absolute Gasteiger partial charge is 0.455 e. The number of non-ortho nitro benzene ring substituents is 1. The maximum Gasteiger partial charge on any atom is 0.271 e. The monoisotopic (exact) mass is 416 g/mol. The van der Waals surface area contributed by atoms with Crippen LogP contribution in [0.3, 0.4) is 0 Å². The highest BCUT2D eigenvalue weighted by Crippen LogP contribution is 2.26. The number of hydrogen-bond donors (Lipinski definition) is 3. The van der Waals surface area contributed by atoms with Gasteiger partial charge < -0.3 is 20.2 Å². The number of benzene rings is 2. The average molecular weight is 417 g/mol. The van der Waals surface area contributed by atoms with Crippen molar-refractivity contribution in [1.82, 2.24) is 0 Å². The number of nitro groups is 1. The van der Waals surface area contributed by atoms with Crippen molar-refractivity contribution in [2.45, 2.75) is 19.6 Å². The van der Waals surface area contributed by atoms with Gasteiger partial charge in [-0.1, -0.05) is 35.9 Å². The van der Waals surface area contributed by atoms with E-state index in [0.29, 0.717) is 23.8 Å². The summed E-state index contributed by atoms with van der Waals surface area (Å²) in [5, 5.41) is 25.9. The molecule has 8 heteroatoms. The van der Waals surface area contributed by atoms with Crippen molar-refractivity contribution < 1.29 is 19.8 Å². The molecular formula is C21H23ClN3O4+. The quantitative estimate of drug-likeness (QED) is 0.280. The fourth-order valence-corrected chi connectivity index (χ4v) is 3.12. The Labute approximate surface area is 173 Å². The summed E-state index contributed by atoms with van der Waals surface area (Å²) in [6, 6.07) is 15.9. The summed E-state index contributed by atoms with van der Waals surface area (Å²) in [4.78, 5) is 10.3. The van der Waals surface area contributed by atoms with E-state index in [9.17, 15) is 15.2 Å². The highest BCUT2D eigenvalue weighted by atomic mass is 35.5. The number of aliphatic hydroxyl groups excluding tert-OH is 1. The number of anilines is 1. The lowest BCUT2D eigenvalue weighted by molar-refractivity contribution is -0.669. The highest BCUT2D eigenvalue weighted by molar-refractivity contribution is 6.33. The Balaban J connectivity index is 1.45. The number of nitrogens with zero attached hydrogens (tertiary/aromatic N) is 1. The first kappa shape index (κ1) is 20.9. The Hall–Kier alpha value is -2.87. The summed E-state index contributed by atoms with van der Waals surface area (Å²) in [5.41, 5.74) is 2.48. The van der Waals surface area contributed by atoms with E-state index in [0.717, 1.165) is 29.2 Å². The fourth-order valence-electron chi connectivity index (χ4n) is 2.88. The van der Waals surface area contributed by atoms with Gasteiger partial charge in [-0.25, -0.2) is 0 Å². The van der Waals surface area contributed by atoms with Crippen molar-refractivity contribution in [1.29, 1.82) is 0 Å². The minimum Gasteiger partial charge on any atom is -0.455 e. The van der Waals surface area contributed by atoms with Gasteiger partial charge in [-0.3, -0.25) is 10.1 Å². The lowest BCUT2D eigenvalue weighted by atomic mass is 10.1. The number of nitrogens with two attached hydrogens (primary N) is 1. The van der Waals surface area contributed by atoms with Crippen LogP contribution in [0.2, 0.25) is 5.02 Å². The molecule has 0 bridgehead atoms. The lowest BCUT2D eigenvalue weighted by Crippen LogP contribution is -2.83. The smallest absolute Gasteiger partial charge is 0.271 e. The molecule has 1 heterocycles. The van der Waals surface area contributed by atoms with Gasteiger partial charge in [0.25, 0.3) is 5.69 Å². The second-order valence-corrected chi connectivity index (χ2v) is 7.10. The molecule has 2 aromatic carbocycles. The fraction of sp³-hybridized carbons (Fsp3) is 0.238. The zero-order valence-electron chi connectivity index (χ0n) is 16.0. The third-order valence-electron chi connectivity index (χ3n) is 4.51. The number of quaternary nitrogens is 1. The van der Waals surface area contributed by atoms with Gasteiger partial charge in [0.1, 0.15) is 12.3 Å². The molecule has 1 atom stereocenters. The standard InChI is InChI=1S/C21H22ClN3O4/c1-14(26)15-2-4-16(5-3-15)21-9-7-18(29-21)13-23-10-11-24-20-8-6-17(25(27)28)12-19(20)22/h2-9,12,14,23-24,26H,10-11,13H2,1H3/p+1/t14-/m1/s1. The third kappa shape index (κ3) is 5.57. The molecule has 0 aliphatic heterocycles. The maximum atomic E-state index is 10.7. The van der Waals surface area contributed by atoms with Crippen molar-refractivity contribution in [3.8, 4) is 11.3 Å². The Bertz CT molecular complexity index is 970. The molecule has 3 rings (SSSR count). The molecule has 0 unspecified atom stereocenters. The molecule has 0 fully saturated rings. The van der Waals surface area contributed by atoms with Crippen LogP contribution in [0.5, 0.6) is 0 Å². The summed E-state index contributed by atoms with van der Waals surface area (Å²) in [6.45, 7) is 3.88. The summed E-state index contributed by atoms with van der Waals surface area (Å²) in [7, 11) is 0.